The van der Waals surface area contributed by atoms with Crippen LogP contribution in [0.2, 0.25) is 0 Å². The molecule has 8 heteroatoms. The van der Waals surface area contributed by atoms with Crippen LogP contribution in [0.1, 0.15) is 20.8 Å². The third-order valence-corrected chi connectivity index (χ3v) is 0.673. The molecule has 0 atom stereocenters. The summed E-state index contributed by atoms with van der Waals surface area (Å²) in [7, 11) is 0. The molecular weight excluding hydrogens is 297 g/mol. The summed E-state index contributed by atoms with van der Waals surface area (Å²) in [4.78, 5) is 28.2. The molecule has 0 aliphatic heterocycles. The maximum absolute atomic E-state index is 10.5. The van der Waals surface area contributed by atoms with Crippen molar-refractivity contribution in [2.45, 2.75) is 20.8 Å². The van der Waals surface area contributed by atoms with Crippen LogP contribution in [0.4, 0.5) is 0 Å². The van der Waals surface area contributed by atoms with E-state index in [-0.39, 0.29) is 32.7 Å². The van der Waals surface area contributed by atoms with Gasteiger partial charge in [-0.05, 0) is 20.8 Å². The standard InChI is InChI=1S/C6H10O3.2C2H4O2.Zn/c1-5(2)6(8)9-4-3-7;2*1-2(3)4;/h7H,1,3-4H2,2H3;2*1H3,(H,3,4);/q;;;+2/p-2. The second kappa shape index (κ2) is 18.1. The van der Waals surface area contributed by atoms with E-state index in [1.165, 1.54) is 0 Å². The van der Waals surface area contributed by atoms with Crippen LogP contribution in [-0.4, -0.2) is 36.2 Å². The average molecular weight is 314 g/mol. The molecule has 0 amide bonds. The summed E-state index contributed by atoms with van der Waals surface area (Å²) in [5.41, 5.74) is 0.350. The van der Waals surface area contributed by atoms with E-state index in [1.807, 2.05) is 0 Å². The summed E-state index contributed by atoms with van der Waals surface area (Å²) >= 11 is 0. The number of hydrogen-bond acceptors (Lipinski definition) is 7. The Bertz CT molecular complexity index is 243. The number of carboxylic acids is 2. The first kappa shape index (κ1) is 25.5. The number of aliphatic carboxylic acids is 2. The Kier molecular flexibility index (Phi) is 25.7. The van der Waals surface area contributed by atoms with E-state index in [4.69, 9.17) is 24.9 Å². The predicted molar refractivity (Wildman–Crippen MR) is 54.2 cm³/mol. The zero-order valence-electron chi connectivity index (χ0n) is 10.7. The molecule has 0 aromatic heterocycles. The fourth-order valence-electron chi connectivity index (χ4n) is 0.262. The first-order chi connectivity index (χ1) is 7.64. The largest absolute Gasteiger partial charge is 2.00 e. The van der Waals surface area contributed by atoms with Crippen LogP contribution < -0.4 is 10.2 Å². The molecule has 0 saturated heterocycles. The molecule has 0 aliphatic rings. The van der Waals surface area contributed by atoms with Gasteiger partial charge >= 0.3 is 25.4 Å². The van der Waals surface area contributed by atoms with Crippen molar-refractivity contribution >= 4 is 17.9 Å². The van der Waals surface area contributed by atoms with Crippen LogP contribution in [0.3, 0.4) is 0 Å². The molecule has 0 aromatic carbocycles. The molecule has 0 radical (unpaired) electrons. The van der Waals surface area contributed by atoms with E-state index in [2.05, 4.69) is 11.3 Å². The van der Waals surface area contributed by atoms with Crippen LogP contribution in [0.5, 0.6) is 0 Å². The third-order valence-electron chi connectivity index (χ3n) is 0.673. The fraction of sp³-hybridized carbons (Fsp3) is 0.500. The van der Waals surface area contributed by atoms with Gasteiger partial charge in [-0.25, -0.2) is 4.79 Å². The number of rotatable bonds is 3. The molecule has 0 spiro atoms. The van der Waals surface area contributed by atoms with E-state index in [0.29, 0.717) is 5.57 Å². The van der Waals surface area contributed by atoms with Gasteiger partial charge in [0.2, 0.25) is 0 Å². The van der Waals surface area contributed by atoms with E-state index >= 15 is 0 Å². The molecule has 0 aliphatic carbocycles. The zero-order valence-corrected chi connectivity index (χ0v) is 13.7. The number of aliphatic hydroxyl groups excluding tert-OH is 1. The van der Waals surface area contributed by atoms with Crippen molar-refractivity contribution in [3.05, 3.63) is 12.2 Å². The van der Waals surface area contributed by atoms with Crippen LogP contribution in [0.25, 0.3) is 0 Å². The van der Waals surface area contributed by atoms with Gasteiger partial charge in [0.05, 0.1) is 6.61 Å². The third kappa shape index (κ3) is 61.3. The Morgan fingerprint density at radius 3 is 1.56 bits per heavy atom. The van der Waals surface area contributed by atoms with Crippen LogP contribution in [-0.2, 0) is 38.6 Å². The number of esters is 1. The topological polar surface area (TPSA) is 127 Å². The summed E-state index contributed by atoms with van der Waals surface area (Å²) in [5.74, 6) is -2.62. The summed E-state index contributed by atoms with van der Waals surface area (Å²) in [5, 5.41) is 26.0. The first-order valence-electron chi connectivity index (χ1n) is 4.43. The van der Waals surface area contributed by atoms with Crippen molar-refractivity contribution in [1.82, 2.24) is 0 Å². The number of carboxylic acid groups (broad SMARTS) is 2. The second-order valence-electron chi connectivity index (χ2n) is 2.62. The normalized spacial score (nSPS) is 7.11. The van der Waals surface area contributed by atoms with Gasteiger partial charge in [0.15, 0.2) is 0 Å². The molecule has 0 unspecified atom stereocenters. The van der Waals surface area contributed by atoms with Crippen molar-refractivity contribution < 1.29 is 53.9 Å². The monoisotopic (exact) mass is 312 g/mol. The molecule has 0 fully saturated rings. The van der Waals surface area contributed by atoms with Crippen molar-refractivity contribution in [1.29, 1.82) is 0 Å². The molecule has 0 aromatic rings. The van der Waals surface area contributed by atoms with Gasteiger partial charge in [0.25, 0.3) is 0 Å². The molecule has 100 valence electrons. The summed E-state index contributed by atoms with van der Waals surface area (Å²) in [6, 6.07) is 0. The Morgan fingerprint density at radius 2 is 1.39 bits per heavy atom. The summed E-state index contributed by atoms with van der Waals surface area (Å²) < 4.78 is 4.46. The van der Waals surface area contributed by atoms with E-state index < -0.39 is 17.9 Å². The fourth-order valence-corrected chi connectivity index (χ4v) is 0.262. The Labute approximate surface area is 118 Å². The molecule has 1 N–H and O–H groups in total. The number of aliphatic hydroxyl groups is 1. The van der Waals surface area contributed by atoms with Crippen molar-refractivity contribution in [2.24, 2.45) is 0 Å². The Hall–Kier alpha value is -1.27. The summed E-state index contributed by atoms with van der Waals surface area (Å²) in [6.07, 6.45) is 0. The van der Waals surface area contributed by atoms with Crippen molar-refractivity contribution in [3.8, 4) is 0 Å². The molecule has 7 nitrogen and oxygen atoms in total. The minimum atomic E-state index is -1.08. The molecular formula is C10H16O7Zn. The molecule has 0 saturated carbocycles. The first-order valence-corrected chi connectivity index (χ1v) is 4.43. The summed E-state index contributed by atoms with van der Waals surface area (Å²) in [6.45, 7) is 6.76. The van der Waals surface area contributed by atoms with Gasteiger partial charge in [-0.2, -0.15) is 0 Å². The molecule has 0 bridgehead atoms. The van der Waals surface area contributed by atoms with Gasteiger partial charge in [-0.15, -0.1) is 0 Å². The Balaban J connectivity index is -0.0000000922. The number of carbonyl (C=O) groups excluding carboxylic acids is 3. The quantitative estimate of drug-likeness (QED) is 0.350. The van der Waals surface area contributed by atoms with Crippen molar-refractivity contribution in [2.75, 3.05) is 13.2 Å². The second-order valence-corrected chi connectivity index (χ2v) is 2.62. The van der Waals surface area contributed by atoms with E-state index in [0.717, 1.165) is 13.8 Å². The van der Waals surface area contributed by atoms with Gasteiger partial charge in [-0.3, -0.25) is 0 Å². The minimum absolute atomic E-state index is 0. The van der Waals surface area contributed by atoms with E-state index in [1.54, 1.807) is 6.92 Å². The molecule has 0 heterocycles. The minimum Gasteiger partial charge on any atom is -0.550 e. The predicted octanol–water partition coefficient (Wildman–Crippen LogP) is -2.39. The van der Waals surface area contributed by atoms with E-state index in [9.17, 15) is 4.79 Å². The van der Waals surface area contributed by atoms with Crippen LogP contribution in [0, 0.1) is 0 Å². The average Bonchev–Trinajstić information content (AvgIpc) is 2.12. The number of hydrogen-bond donors (Lipinski definition) is 1. The van der Waals surface area contributed by atoms with Gasteiger partial charge in [-0.1, -0.05) is 6.58 Å². The Morgan fingerprint density at radius 1 is 1.11 bits per heavy atom. The SMILES string of the molecule is C=C(C)C(=O)OCCO.CC(=O)[O-].CC(=O)[O-].[Zn+2]. The molecule has 18 heavy (non-hydrogen) atoms. The number of ether oxygens (including phenoxy) is 1. The number of carbonyl (C=O) groups is 3. The smallest absolute Gasteiger partial charge is 0.550 e. The zero-order chi connectivity index (χ0) is 14.4. The maximum atomic E-state index is 10.5. The van der Waals surface area contributed by atoms with Crippen molar-refractivity contribution in [3.63, 3.8) is 0 Å². The van der Waals surface area contributed by atoms with Crippen LogP contribution in [0.15, 0.2) is 12.2 Å². The maximum Gasteiger partial charge on any atom is 2.00 e. The van der Waals surface area contributed by atoms with Gasteiger partial charge in [0, 0.05) is 17.5 Å². The van der Waals surface area contributed by atoms with Gasteiger partial charge < -0.3 is 29.6 Å². The van der Waals surface area contributed by atoms with Crippen LogP contribution >= 0.6 is 0 Å². The van der Waals surface area contributed by atoms with Gasteiger partial charge in [0.1, 0.15) is 6.61 Å². The molecule has 0 rings (SSSR count).